The molecule has 2 N–H and O–H groups in total. The van der Waals surface area contributed by atoms with Crippen LogP contribution < -0.4 is 20.1 Å². The summed E-state index contributed by atoms with van der Waals surface area (Å²) in [6, 6.07) is 6.61. The molecule has 2 aromatic rings. The highest BCUT2D eigenvalue weighted by molar-refractivity contribution is 6.32. The van der Waals surface area contributed by atoms with Crippen LogP contribution in [0.4, 0.5) is 5.69 Å². The average Bonchev–Trinajstić information content (AvgIpc) is 3.30. The van der Waals surface area contributed by atoms with Gasteiger partial charge in [-0.1, -0.05) is 11.6 Å². The maximum atomic E-state index is 12.7. The molecule has 1 aliphatic carbocycles. The van der Waals surface area contributed by atoms with Crippen LogP contribution >= 0.6 is 11.6 Å². The number of rotatable bonds is 7. The average molecular weight is 379 g/mol. The van der Waals surface area contributed by atoms with Crippen molar-refractivity contribution < 1.29 is 23.5 Å². The third-order valence-electron chi connectivity index (χ3n) is 4.34. The van der Waals surface area contributed by atoms with E-state index in [4.69, 9.17) is 25.5 Å². The first kappa shape index (κ1) is 18.1. The van der Waals surface area contributed by atoms with Crippen molar-refractivity contribution in [1.82, 2.24) is 5.32 Å². The molecule has 26 heavy (non-hydrogen) atoms. The van der Waals surface area contributed by atoms with Crippen molar-refractivity contribution in [3.8, 4) is 11.5 Å². The molecule has 1 saturated carbocycles. The highest BCUT2D eigenvalue weighted by Crippen LogP contribution is 2.47. The van der Waals surface area contributed by atoms with E-state index in [0.29, 0.717) is 40.8 Å². The lowest BCUT2D eigenvalue weighted by Gasteiger charge is -2.17. The summed E-state index contributed by atoms with van der Waals surface area (Å²) in [5.74, 6) is 0.688. The molecule has 0 unspecified atom stereocenters. The third-order valence-corrected chi connectivity index (χ3v) is 4.64. The van der Waals surface area contributed by atoms with Crippen LogP contribution in [-0.4, -0.2) is 26.0 Å². The van der Waals surface area contributed by atoms with Crippen LogP contribution in [0.2, 0.25) is 5.02 Å². The molecule has 8 heteroatoms. The highest BCUT2D eigenvalue weighted by Gasteiger charge is 2.56. The molecule has 3 rings (SSSR count). The largest absolute Gasteiger partial charge is 0.495 e. The zero-order valence-corrected chi connectivity index (χ0v) is 15.2. The van der Waals surface area contributed by atoms with Crippen molar-refractivity contribution in [1.29, 1.82) is 0 Å². The third kappa shape index (κ3) is 3.48. The molecule has 1 fully saturated rings. The van der Waals surface area contributed by atoms with Gasteiger partial charge in [-0.3, -0.25) is 9.59 Å². The standard InChI is InChI=1S/C18H19ClN2O5/c1-24-14-9-13(15(25-2)8-12(14)19)21-17(23)18(5-6-18)16(22)20-10-11-4-3-7-26-11/h3-4,7-9H,5-6,10H2,1-2H3,(H,20,22)(H,21,23). The number of methoxy groups -OCH3 is 2. The van der Waals surface area contributed by atoms with Crippen molar-refractivity contribution in [3.05, 3.63) is 41.3 Å². The van der Waals surface area contributed by atoms with Gasteiger partial charge >= 0.3 is 0 Å². The second kappa shape index (κ2) is 7.29. The van der Waals surface area contributed by atoms with Gasteiger partial charge in [-0.2, -0.15) is 0 Å². The van der Waals surface area contributed by atoms with E-state index in [1.165, 1.54) is 20.5 Å². The van der Waals surface area contributed by atoms with E-state index in [1.54, 1.807) is 24.3 Å². The minimum atomic E-state index is -1.08. The SMILES string of the molecule is COc1cc(NC(=O)C2(C(=O)NCc3ccco3)CC2)c(OC)cc1Cl. The summed E-state index contributed by atoms with van der Waals surface area (Å²) in [4.78, 5) is 25.2. The van der Waals surface area contributed by atoms with Gasteiger partial charge in [0.05, 0.1) is 37.7 Å². The lowest BCUT2D eigenvalue weighted by molar-refractivity contribution is -0.134. The summed E-state index contributed by atoms with van der Waals surface area (Å²) in [5.41, 5.74) is -0.686. The zero-order valence-electron chi connectivity index (χ0n) is 14.4. The molecule has 1 heterocycles. The van der Waals surface area contributed by atoms with Gasteiger partial charge in [0, 0.05) is 12.1 Å². The van der Waals surface area contributed by atoms with E-state index in [0.717, 1.165) is 0 Å². The fourth-order valence-corrected chi connectivity index (χ4v) is 2.86. The Kier molecular flexibility index (Phi) is 5.08. The van der Waals surface area contributed by atoms with Gasteiger partial charge in [-0.05, 0) is 25.0 Å². The molecule has 1 aromatic carbocycles. The predicted octanol–water partition coefficient (Wildman–Crippen LogP) is 2.99. The van der Waals surface area contributed by atoms with E-state index in [2.05, 4.69) is 10.6 Å². The zero-order chi connectivity index (χ0) is 18.7. The van der Waals surface area contributed by atoms with Gasteiger partial charge in [-0.25, -0.2) is 0 Å². The number of carbonyl (C=O) groups is 2. The quantitative estimate of drug-likeness (QED) is 0.723. The molecule has 1 aliphatic rings. The number of benzene rings is 1. The fraction of sp³-hybridized carbons (Fsp3) is 0.333. The van der Waals surface area contributed by atoms with Crippen LogP contribution in [0.25, 0.3) is 0 Å². The summed E-state index contributed by atoms with van der Waals surface area (Å²) in [6.07, 6.45) is 2.49. The molecule has 0 spiro atoms. The Bertz CT molecular complexity index is 815. The Morgan fingerprint density at radius 3 is 2.50 bits per heavy atom. The van der Waals surface area contributed by atoms with E-state index in [9.17, 15) is 9.59 Å². The van der Waals surface area contributed by atoms with Crippen LogP contribution in [-0.2, 0) is 16.1 Å². The molecular weight excluding hydrogens is 360 g/mol. The van der Waals surface area contributed by atoms with Crippen LogP contribution in [0.3, 0.4) is 0 Å². The minimum absolute atomic E-state index is 0.235. The van der Waals surface area contributed by atoms with Crippen molar-refractivity contribution in [2.75, 3.05) is 19.5 Å². The highest BCUT2D eigenvalue weighted by atomic mass is 35.5. The first-order chi connectivity index (χ1) is 12.5. The van der Waals surface area contributed by atoms with Crippen LogP contribution in [0.1, 0.15) is 18.6 Å². The molecule has 0 atom stereocenters. The van der Waals surface area contributed by atoms with Crippen LogP contribution in [0.5, 0.6) is 11.5 Å². The Labute approximate surface area is 155 Å². The summed E-state index contributed by atoms with van der Waals surface area (Å²) in [5, 5.41) is 5.86. The topological polar surface area (TPSA) is 89.8 Å². The molecular formula is C18H19ClN2O5. The summed E-state index contributed by atoms with van der Waals surface area (Å²) >= 11 is 6.07. The van der Waals surface area contributed by atoms with Gasteiger partial charge in [0.15, 0.2) is 0 Å². The van der Waals surface area contributed by atoms with Crippen molar-refractivity contribution in [3.63, 3.8) is 0 Å². The molecule has 2 amide bonds. The van der Waals surface area contributed by atoms with Crippen LogP contribution in [0, 0.1) is 5.41 Å². The molecule has 1 aromatic heterocycles. The van der Waals surface area contributed by atoms with Gasteiger partial charge in [-0.15, -0.1) is 0 Å². The number of carbonyl (C=O) groups excluding carboxylic acids is 2. The van der Waals surface area contributed by atoms with Gasteiger partial charge in [0.1, 0.15) is 22.7 Å². The van der Waals surface area contributed by atoms with Gasteiger partial charge in [0.2, 0.25) is 11.8 Å². The maximum Gasteiger partial charge on any atom is 0.240 e. The van der Waals surface area contributed by atoms with E-state index in [-0.39, 0.29) is 12.5 Å². The number of furan rings is 1. The summed E-state index contributed by atoms with van der Waals surface area (Å²) < 4.78 is 15.6. The number of anilines is 1. The minimum Gasteiger partial charge on any atom is -0.495 e. The van der Waals surface area contributed by atoms with E-state index < -0.39 is 11.3 Å². The van der Waals surface area contributed by atoms with Crippen molar-refractivity contribution >= 4 is 29.1 Å². The van der Waals surface area contributed by atoms with Crippen molar-refractivity contribution in [2.24, 2.45) is 5.41 Å². The van der Waals surface area contributed by atoms with Gasteiger partial charge in [0.25, 0.3) is 0 Å². The monoisotopic (exact) mass is 378 g/mol. The molecule has 0 bridgehead atoms. The lowest BCUT2D eigenvalue weighted by Crippen LogP contribution is -2.39. The normalized spacial score (nSPS) is 14.4. The Balaban J connectivity index is 1.72. The van der Waals surface area contributed by atoms with E-state index >= 15 is 0 Å². The predicted molar refractivity (Wildman–Crippen MR) is 95.4 cm³/mol. The number of nitrogens with one attached hydrogen (secondary N) is 2. The Morgan fingerprint density at radius 1 is 1.19 bits per heavy atom. The molecule has 7 nitrogen and oxygen atoms in total. The summed E-state index contributed by atoms with van der Waals surface area (Å²) in [7, 11) is 2.94. The van der Waals surface area contributed by atoms with Crippen molar-refractivity contribution in [2.45, 2.75) is 19.4 Å². The number of amides is 2. The number of ether oxygens (including phenoxy) is 2. The molecule has 0 radical (unpaired) electrons. The number of halogens is 1. The first-order valence-electron chi connectivity index (χ1n) is 8.04. The van der Waals surface area contributed by atoms with E-state index in [1.807, 2.05) is 0 Å². The smallest absolute Gasteiger partial charge is 0.240 e. The molecule has 0 saturated heterocycles. The molecule has 0 aliphatic heterocycles. The first-order valence-corrected chi connectivity index (χ1v) is 8.41. The Hall–Kier alpha value is -2.67. The fourth-order valence-electron chi connectivity index (χ4n) is 2.63. The second-order valence-corrected chi connectivity index (χ2v) is 6.39. The number of hydrogen-bond donors (Lipinski definition) is 2. The maximum absolute atomic E-state index is 12.7. The lowest BCUT2D eigenvalue weighted by atomic mass is 10.0. The summed E-state index contributed by atoms with van der Waals surface area (Å²) in [6.45, 7) is 0.235. The second-order valence-electron chi connectivity index (χ2n) is 5.99. The Morgan fingerprint density at radius 2 is 1.92 bits per heavy atom. The van der Waals surface area contributed by atoms with Crippen LogP contribution in [0.15, 0.2) is 34.9 Å². The number of hydrogen-bond acceptors (Lipinski definition) is 5. The van der Waals surface area contributed by atoms with Gasteiger partial charge < -0.3 is 24.5 Å². The molecule has 138 valence electrons.